The number of hydrogen-bond donors (Lipinski definition) is 1. The number of benzene rings is 3. The van der Waals surface area contributed by atoms with Gasteiger partial charge in [0.1, 0.15) is 5.75 Å². The molecule has 3 heteroatoms. The normalized spacial score (nSPS) is 10.7. The third-order valence-corrected chi connectivity index (χ3v) is 4.27. The first-order chi connectivity index (χ1) is 12.2. The molecule has 25 heavy (non-hydrogen) atoms. The van der Waals surface area contributed by atoms with Crippen molar-refractivity contribution in [1.29, 1.82) is 0 Å². The Morgan fingerprint density at radius 2 is 1.64 bits per heavy atom. The number of rotatable bonds is 8. The fourth-order valence-corrected chi connectivity index (χ4v) is 2.95. The van der Waals surface area contributed by atoms with E-state index >= 15 is 0 Å². The van der Waals surface area contributed by atoms with Gasteiger partial charge in [0.05, 0.1) is 6.61 Å². The summed E-state index contributed by atoms with van der Waals surface area (Å²) in [6, 6.07) is 22.7. The highest BCUT2D eigenvalue weighted by molar-refractivity contribution is 5.82. The van der Waals surface area contributed by atoms with E-state index in [-0.39, 0.29) is 6.42 Å². The number of hydrogen-bond acceptors (Lipinski definition) is 2. The number of carboxylic acids is 1. The molecule has 0 spiro atoms. The standard InChI is InChI=1S/C22H22O3/c23-22(24)11-5-9-19-7-3-4-10-21(19)25-15-14-17-12-13-18-6-1-2-8-20(18)16-17/h1-4,6-8,10,12-13,16H,5,9,11,14-15H2,(H,23,24). The molecule has 0 aliphatic rings. The van der Waals surface area contributed by atoms with Crippen LogP contribution in [-0.4, -0.2) is 17.7 Å². The van der Waals surface area contributed by atoms with Crippen LogP contribution in [0.4, 0.5) is 0 Å². The molecule has 128 valence electrons. The molecule has 0 bridgehead atoms. The van der Waals surface area contributed by atoms with E-state index in [2.05, 4.69) is 36.4 Å². The summed E-state index contributed by atoms with van der Waals surface area (Å²) in [5.74, 6) is 0.100. The van der Waals surface area contributed by atoms with Crippen LogP contribution in [0.25, 0.3) is 10.8 Å². The van der Waals surface area contributed by atoms with Crippen molar-refractivity contribution in [2.45, 2.75) is 25.7 Å². The number of aryl methyl sites for hydroxylation is 1. The number of ether oxygens (including phenoxy) is 1. The zero-order chi connectivity index (χ0) is 17.5. The molecule has 3 aromatic rings. The summed E-state index contributed by atoms with van der Waals surface area (Å²) in [6.07, 6.45) is 2.37. The van der Waals surface area contributed by atoms with Gasteiger partial charge in [0, 0.05) is 12.8 Å². The van der Waals surface area contributed by atoms with Gasteiger partial charge in [-0.1, -0.05) is 60.7 Å². The zero-order valence-electron chi connectivity index (χ0n) is 14.2. The Balaban J connectivity index is 1.58. The molecule has 0 heterocycles. The first-order valence-corrected chi connectivity index (χ1v) is 8.62. The van der Waals surface area contributed by atoms with E-state index in [1.165, 1.54) is 16.3 Å². The maximum atomic E-state index is 10.7. The van der Waals surface area contributed by atoms with E-state index in [0.29, 0.717) is 13.0 Å². The van der Waals surface area contributed by atoms with Gasteiger partial charge in [-0.25, -0.2) is 0 Å². The van der Waals surface area contributed by atoms with Crippen molar-refractivity contribution in [3.05, 3.63) is 77.9 Å². The van der Waals surface area contributed by atoms with E-state index < -0.39 is 5.97 Å². The van der Waals surface area contributed by atoms with E-state index in [1.54, 1.807) is 0 Å². The van der Waals surface area contributed by atoms with Crippen LogP contribution in [0, 0.1) is 0 Å². The highest BCUT2D eigenvalue weighted by atomic mass is 16.5. The fourth-order valence-electron chi connectivity index (χ4n) is 2.95. The lowest BCUT2D eigenvalue weighted by Crippen LogP contribution is -2.04. The molecule has 3 aromatic carbocycles. The van der Waals surface area contributed by atoms with E-state index in [9.17, 15) is 4.79 Å². The summed E-state index contributed by atoms with van der Waals surface area (Å²) in [5.41, 5.74) is 2.32. The van der Waals surface area contributed by atoms with Gasteiger partial charge in [0.2, 0.25) is 0 Å². The lowest BCUT2D eigenvalue weighted by Gasteiger charge is -2.11. The highest BCUT2D eigenvalue weighted by Gasteiger charge is 2.05. The molecule has 0 fully saturated rings. The molecule has 0 aliphatic carbocycles. The SMILES string of the molecule is O=C(O)CCCc1ccccc1OCCc1ccc2ccccc2c1. The van der Waals surface area contributed by atoms with Crippen molar-refractivity contribution in [1.82, 2.24) is 0 Å². The summed E-state index contributed by atoms with van der Waals surface area (Å²) < 4.78 is 5.96. The second-order valence-corrected chi connectivity index (χ2v) is 6.13. The van der Waals surface area contributed by atoms with Crippen molar-refractivity contribution >= 4 is 16.7 Å². The van der Waals surface area contributed by atoms with Crippen LogP contribution in [0.3, 0.4) is 0 Å². The van der Waals surface area contributed by atoms with Crippen LogP contribution in [0.2, 0.25) is 0 Å². The number of carbonyl (C=O) groups is 1. The number of para-hydroxylation sites is 1. The molecule has 0 atom stereocenters. The van der Waals surface area contributed by atoms with Crippen LogP contribution in [0.15, 0.2) is 66.7 Å². The lowest BCUT2D eigenvalue weighted by molar-refractivity contribution is -0.137. The molecule has 0 saturated heterocycles. The van der Waals surface area contributed by atoms with E-state index in [4.69, 9.17) is 9.84 Å². The van der Waals surface area contributed by atoms with E-state index in [1.807, 2.05) is 30.3 Å². The number of fused-ring (bicyclic) bond motifs is 1. The summed E-state index contributed by atoms with van der Waals surface area (Å²) in [6.45, 7) is 0.605. The molecule has 1 N–H and O–H groups in total. The summed E-state index contributed by atoms with van der Waals surface area (Å²) in [5, 5.41) is 11.3. The Morgan fingerprint density at radius 3 is 2.48 bits per heavy atom. The molecular formula is C22H22O3. The number of carboxylic acid groups (broad SMARTS) is 1. The molecule has 3 rings (SSSR count). The Kier molecular flexibility index (Phi) is 5.68. The van der Waals surface area contributed by atoms with Gasteiger partial charge in [-0.15, -0.1) is 0 Å². The maximum absolute atomic E-state index is 10.7. The Bertz CT molecular complexity index is 855. The first kappa shape index (κ1) is 17.0. The van der Waals surface area contributed by atoms with Crippen molar-refractivity contribution in [2.24, 2.45) is 0 Å². The minimum Gasteiger partial charge on any atom is -0.493 e. The Hall–Kier alpha value is -2.81. The fraction of sp³-hybridized carbons (Fsp3) is 0.227. The van der Waals surface area contributed by atoms with Gasteiger partial charge in [0.15, 0.2) is 0 Å². The maximum Gasteiger partial charge on any atom is 0.303 e. The average molecular weight is 334 g/mol. The third kappa shape index (κ3) is 4.83. The van der Waals surface area contributed by atoms with Crippen LogP contribution in [-0.2, 0) is 17.6 Å². The quantitative estimate of drug-likeness (QED) is 0.639. The summed E-state index contributed by atoms with van der Waals surface area (Å²) in [7, 11) is 0. The van der Waals surface area contributed by atoms with E-state index in [0.717, 1.165) is 24.2 Å². The van der Waals surface area contributed by atoms with Crippen molar-refractivity contribution < 1.29 is 14.6 Å². The molecule has 0 aromatic heterocycles. The second kappa shape index (κ2) is 8.34. The molecule has 0 saturated carbocycles. The van der Waals surface area contributed by atoms with Gasteiger partial charge >= 0.3 is 5.97 Å². The minimum atomic E-state index is -0.755. The van der Waals surface area contributed by atoms with Gasteiger partial charge < -0.3 is 9.84 Å². The molecule has 0 radical (unpaired) electrons. The number of aliphatic carboxylic acids is 1. The topological polar surface area (TPSA) is 46.5 Å². The molecular weight excluding hydrogens is 312 g/mol. The largest absolute Gasteiger partial charge is 0.493 e. The van der Waals surface area contributed by atoms with Crippen LogP contribution < -0.4 is 4.74 Å². The van der Waals surface area contributed by atoms with Gasteiger partial charge in [-0.2, -0.15) is 0 Å². The third-order valence-electron chi connectivity index (χ3n) is 4.27. The summed E-state index contributed by atoms with van der Waals surface area (Å²) in [4.78, 5) is 10.7. The van der Waals surface area contributed by atoms with Gasteiger partial charge in [0.25, 0.3) is 0 Å². The first-order valence-electron chi connectivity index (χ1n) is 8.62. The Labute approximate surface area is 147 Å². The van der Waals surface area contributed by atoms with Crippen LogP contribution in [0.5, 0.6) is 5.75 Å². The highest BCUT2D eigenvalue weighted by Crippen LogP contribution is 2.21. The van der Waals surface area contributed by atoms with Crippen LogP contribution >= 0.6 is 0 Å². The molecule has 3 nitrogen and oxygen atoms in total. The zero-order valence-corrected chi connectivity index (χ0v) is 14.2. The molecule has 0 amide bonds. The van der Waals surface area contributed by atoms with Gasteiger partial charge in [-0.05, 0) is 40.8 Å². The van der Waals surface area contributed by atoms with Gasteiger partial charge in [-0.3, -0.25) is 4.79 Å². The predicted octanol–water partition coefficient (Wildman–Crippen LogP) is 4.87. The predicted molar refractivity (Wildman–Crippen MR) is 100 cm³/mol. The van der Waals surface area contributed by atoms with Crippen molar-refractivity contribution in [2.75, 3.05) is 6.61 Å². The second-order valence-electron chi connectivity index (χ2n) is 6.13. The minimum absolute atomic E-state index is 0.186. The van der Waals surface area contributed by atoms with Crippen LogP contribution in [0.1, 0.15) is 24.0 Å². The monoisotopic (exact) mass is 334 g/mol. The summed E-state index contributed by atoms with van der Waals surface area (Å²) >= 11 is 0. The van der Waals surface area contributed by atoms with Crippen molar-refractivity contribution in [3.63, 3.8) is 0 Å². The Morgan fingerprint density at radius 1 is 0.880 bits per heavy atom. The molecule has 0 aliphatic heterocycles. The molecule has 0 unspecified atom stereocenters. The average Bonchev–Trinajstić information content (AvgIpc) is 2.62. The lowest BCUT2D eigenvalue weighted by atomic mass is 10.1. The smallest absolute Gasteiger partial charge is 0.303 e. The van der Waals surface area contributed by atoms with Crippen molar-refractivity contribution in [3.8, 4) is 5.75 Å².